The Kier molecular flexibility index (Phi) is 9.58. The predicted octanol–water partition coefficient (Wildman–Crippen LogP) is -0.365. The maximum atomic E-state index is 13.1. The van der Waals surface area contributed by atoms with Crippen molar-refractivity contribution >= 4 is 34.6 Å². The number of amides is 3. The molecule has 1 heterocycles. The Morgan fingerprint density at radius 1 is 1.09 bits per heavy atom. The van der Waals surface area contributed by atoms with Crippen molar-refractivity contribution in [3.05, 3.63) is 36.0 Å². The van der Waals surface area contributed by atoms with Crippen LogP contribution in [0.4, 0.5) is 0 Å². The van der Waals surface area contributed by atoms with Crippen LogP contribution < -0.4 is 21.7 Å². The zero-order valence-electron chi connectivity index (χ0n) is 19.5. The fraction of sp³-hybridized carbons (Fsp3) is 0.478. The molecule has 5 atom stereocenters. The average Bonchev–Trinajstić information content (AvgIpc) is 3.21. The van der Waals surface area contributed by atoms with Crippen molar-refractivity contribution in [2.24, 2.45) is 11.7 Å². The molecule has 0 radical (unpaired) electrons. The van der Waals surface area contributed by atoms with Crippen LogP contribution in [0.2, 0.25) is 0 Å². The van der Waals surface area contributed by atoms with Crippen LogP contribution in [0.15, 0.2) is 30.5 Å². The van der Waals surface area contributed by atoms with Gasteiger partial charge in [0.1, 0.15) is 18.1 Å². The molecule has 186 valence electrons. The summed E-state index contributed by atoms with van der Waals surface area (Å²) in [6.45, 7) is 4.42. The number of aliphatic hydroxyl groups is 1. The number of aromatic nitrogens is 1. The van der Waals surface area contributed by atoms with Crippen LogP contribution in [0, 0.1) is 5.92 Å². The predicted molar refractivity (Wildman–Crippen MR) is 126 cm³/mol. The first-order valence-electron chi connectivity index (χ1n) is 11.1. The van der Waals surface area contributed by atoms with E-state index in [9.17, 15) is 29.4 Å². The van der Waals surface area contributed by atoms with E-state index in [1.807, 2.05) is 31.2 Å². The molecule has 0 fully saturated rings. The summed E-state index contributed by atoms with van der Waals surface area (Å²) in [5.41, 5.74) is 7.15. The molecule has 0 saturated heterocycles. The Hall–Kier alpha value is -3.44. The minimum absolute atomic E-state index is 0.0928. The van der Waals surface area contributed by atoms with Crippen LogP contribution in [0.3, 0.4) is 0 Å². The monoisotopic (exact) mass is 475 g/mol. The van der Waals surface area contributed by atoms with Crippen molar-refractivity contribution < 1.29 is 29.4 Å². The molecule has 5 unspecified atom stereocenters. The molecule has 0 spiro atoms. The number of H-pyrrole nitrogens is 1. The molecule has 11 heteroatoms. The highest BCUT2D eigenvalue weighted by Gasteiger charge is 2.30. The second kappa shape index (κ2) is 12.1. The van der Waals surface area contributed by atoms with Crippen LogP contribution in [0.5, 0.6) is 0 Å². The summed E-state index contributed by atoms with van der Waals surface area (Å²) in [5, 5.41) is 27.2. The number of aliphatic hydroxyl groups excluding tert-OH is 1. The summed E-state index contributed by atoms with van der Waals surface area (Å²) in [6.07, 6.45) is 1.25. The lowest BCUT2D eigenvalue weighted by Crippen LogP contribution is -2.56. The van der Waals surface area contributed by atoms with Crippen LogP contribution >= 0.6 is 0 Å². The van der Waals surface area contributed by atoms with Gasteiger partial charge in [0.2, 0.25) is 17.7 Å². The number of rotatable bonds is 12. The van der Waals surface area contributed by atoms with Gasteiger partial charge in [0.25, 0.3) is 0 Å². The van der Waals surface area contributed by atoms with E-state index >= 15 is 0 Å². The van der Waals surface area contributed by atoms with E-state index < -0.39 is 54.5 Å². The van der Waals surface area contributed by atoms with Gasteiger partial charge >= 0.3 is 5.97 Å². The smallest absolute Gasteiger partial charge is 0.326 e. The van der Waals surface area contributed by atoms with Crippen molar-refractivity contribution in [2.45, 2.75) is 57.8 Å². The first kappa shape index (κ1) is 26.8. The molecule has 1 aromatic heterocycles. The molecule has 2 aromatic rings. The quantitative estimate of drug-likeness (QED) is 0.218. The normalized spacial score (nSPS) is 15.6. The van der Waals surface area contributed by atoms with Crippen molar-refractivity contribution in [1.29, 1.82) is 0 Å². The summed E-state index contributed by atoms with van der Waals surface area (Å²) in [5.74, 6) is -3.53. The van der Waals surface area contributed by atoms with Gasteiger partial charge in [-0.3, -0.25) is 14.4 Å². The Morgan fingerprint density at radius 2 is 1.76 bits per heavy atom. The van der Waals surface area contributed by atoms with Gasteiger partial charge < -0.3 is 36.9 Å². The first-order valence-corrected chi connectivity index (χ1v) is 11.1. The number of hydrogen-bond donors (Lipinski definition) is 7. The molecule has 8 N–H and O–H groups in total. The number of carbonyl (C=O) groups is 4. The van der Waals surface area contributed by atoms with Gasteiger partial charge in [0.05, 0.1) is 12.6 Å². The van der Waals surface area contributed by atoms with Crippen LogP contribution in [-0.2, 0) is 25.6 Å². The Balaban J connectivity index is 2.19. The van der Waals surface area contributed by atoms with Crippen molar-refractivity contribution in [2.75, 3.05) is 6.54 Å². The van der Waals surface area contributed by atoms with Crippen LogP contribution in [0.1, 0.15) is 32.8 Å². The molecule has 1 aromatic carbocycles. The highest BCUT2D eigenvalue weighted by molar-refractivity contribution is 5.93. The van der Waals surface area contributed by atoms with E-state index in [4.69, 9.17) is 5.73 Å². The molecule has 0 saturated carbocycles. The molecule has 3 amide bonds. The number of carboxylic acid groups (broad SMARTS) is 1. The molecule has 0 aliphatic heterocycles. The van der Waals surface area contributed by atoms with Gasteiger partial charge in [-0.15, -0.1) is 0 Å². The highest BCUT2D eigenvalue weighted by atomic mass is 16.4. The lowest BCUT2D eigenvalue weighted by Gasteiger charge is -2.24. The fourth-order valence-electron chi connectivity index (χ4n) is 3.42. The largest absolute Gasteiger partial charge is 0.480 e. The van der Waals surface area contributed by atoms with Gasteiger partial charge in [-0.25, -0.2) is 4.79 Å². The molecule has 11 nitrogen and oxygen atoms in total. The third-order valence-electron chi connectivity index (χ3n) is 5.77. The third-order valence-corrected chi connectivity index (χ3v) is 5.77. The van der Waals surface area contributed by atoms with Crippen LogP contribution in [-0.4, -0.2) is 69.7 Å². The minimum atomic E-state index is -1.20. The molecule has 34 heavy (non-hydrogen) atoms. The second-order valence-electron chi connectivity index (χ2n) is 8.38. The average molecular weight is 476 g/mol. The van der Waals surface area contributed by atoms with Crippen LogP contribution in [0.25, 0.3) is 10.9 Å². The van der Waals surface area contributed by atoms with Crippen molar-refractivity contribution in [3.8, 4) is 0 Å². The second-order valence-corrected chi connectivity index (χ2v) is 8.38. The van der Waals surface area contributed by atoms with Gasteiger partial charge in [-0.1, -0.05) is 38.5 Å². The number of para-hydroxylation sites is 1. The van der Waals surface area contributed by atoms with Gasteiger partial charge in [0.15, 0.2) is 0 Å². The highest BCUT2D eigenvalue weighted by Crippen LogP contribution is 2.19. The fourth-order valence-corrected chi connectivity index (χ4v) is 3.42. The Morgan fingerprint density at radius 3 is 2.38 bits per heavy atom. The van der Waals surface area contributed by atoms with E-state index in [0.717, 1.165) is 16.5 Å². The SMILES string of the molecule is CCC(C)C(NC(=O)C(Cc1c[nH]c2ccccc12)NC(=O)CNC(=O)C(N)C(C)O)C(=O)O. The van der Waals surface area contributed by atoms with Crippen molar-refractivity contribution in [1.82, 2.24) is 20.9 Å². The minimum Gasteiger partial charge on any atom is -0.480 e. The summed E-state index contributed by atoms with van der Waals surface area (Å²) in [7, 11) is 0. The maximum absolute atomic E-state index is 13.1. The maximum Gasteiger partial charge on any atom is 0.326 e. The zero-order chi connectivity index (χ0) is 25.4. The van der Waals surface area contributed by atoms with Gasteiger partial charge in [-0.2, -0.15) is 0 Å². The van der Waals surface area contributed by atoms with E-state index in [-0.39, 0.29) is 12.3 Å². The van der Waals surface area contributed by atoms with E-state index in [1.165, 1.54) is 6.92 Å². The molecular weight excluding hydrogens is 442 g/mol. The summed E-state index contributed by atoms with van der Waals surface area (Å²) < 4.78 is 0. The van der Waals surface area contributed by atoms with E-state index in [1.54, 1.807) is 13.1 Å². The summed E-state index contributed by atoms with van der Waals surface area (Å²) >= 11 is 0. The number of carbonyl (C=O) groups excluding carboxylic acids is 3. The first-order chi connectivity index (χ1) is 16.0. The van der Waals surface area contributed by atoms with E-state index in [2.05, 4.69) is 20.9 Å². The standard InChI is InChI=1S/C23H33N5O6/c1-4-12(2)20(23(33)34)28-21(31)17(9-14-10-25-16-8-6-5-7-15(14)16)27-18(30)11-26-22(32)19(24)13(3)29/h5-8,10,12-13,17,19-20,25,29H,4,9,11,24H2,1-3H3,(H,26,32)(H,27,30)(H,28,31)(H,33,34). The van der Waals surface area contributed by atoms with E-state index in [0.29, 0.717) is 6.42 Å². The van der Waals surface area contributed by atoms with Gasteiger partial charge in [-0.05, 0) is 24.5 Å². The number of fused-ring (bicyclic) bond motifs is 1. The molecule has 0 aliphatic carbocycles. The Labute approximate surface area is 197 Å². The number of benzene rings is 1. The number of carboxylic acids is 1. The summed E-state index contributed by atoms with van der Waals surface area (Å²) in [4.78, 5) is 52.3. The number of nitrogens with two attached hydrogens (primary N) is 1. The molecule has 2 rings (SSSR count). The number of aromatic amines is 1. The number of nitrogens with one attached hydrogen (secondary N) is 4. The zero-order valence-corrected chi connectivity index (χ0v) is 19.5. The summed E-state index contributed by atoms with van der Waals surface area (Å²) in [6, 6.07) is 4.02. The van der Waals surface area contributed by atoms with Crippen molar-refractivity contribution in [3.63, 3.8) is 0 Å². The molecule has 0 bridgehead atoms. The lowest BCUT2D eigenvalue weighted by atomic mass is 9.98. The topological polar surface area (TPSA) is 187 Å². The molecule has 0 aliphatic rings. The van der Waals surface area contributed by atoms with Gasteiger partial charge in [0, 0.05) is 23.5 Å². The number of aliphatic carboxylic acids is 1. The lowest BCUT2D eigenvalue weighted by molar-refractivity contribution is -0.143. The third kappa shape index (κ3) is 7.03. The number of hydrogen-bond acceptors (Lipinski definition) is 6. The Bertz CT molecular complexity index is 1020. The molecular formula is C23H33N5O6.